The number of amides is 6. The molecule has 3 heterocycles. The molecule has 51 heavy (non-hydrogen) atoms. The van der Waals surface area contributed by atoms with Gasteiger partial charge < -0.3 is 30.5 Å². The Hall–Kier alpha value is -4.14. The Kier molecular flexibility index (Phi) is 10.4. The van der Waals surface area contributed by atoms with Crippen molar-refractivity contribution in [2.75, 3.05) is 13.1 Å². The number of rotatable bonds is 5. The van der Waals surface area contributed by atoms with Gasteiger partial charge in [0.2, 0.25) is 21.8 Å². The molecule has 15 heteroatoms. The van der Waals surface area contributed by atoms with Crippen molar-refractivity contribution < 1.29 is 37.1 Å². The summed E-state index contributed by atoms with van der Waals surface area (Å²) >= 11 is 0. The zero-order valence-corrected chi connectivity index (χ0v) is 30.4. The summed E-state index contributed by atoms with van der Waals surface area (Å²) in [6.07, 6.45) is 7.40. The van der Waals surface area contributed by atoms with Gasteiger partial charge in [-0.1, -0.05) is 49.3 Å². The minimum atomic E-state index is -3.89. The number of benzene rings is 1. The molecule has 0 bridgehead atoms. The number of carbonyl (C=O) groups excluding carboxylic acids is 5. The van der Waals surface area contributed by atoms with Gasteiger partial charge in [-0.25, -0.2) is 18.0 Å². The molecular weight excluding hydrogens is 676 g/mol. The number of carbonyl (C=O) groups is 5. The normalized spacial score (nSPS) is 29.2. The largest absolute Gasteiger partial charge is 0.444 e. The number of ether oxygens (including phenoxy) is 1. The molecule has 1 saturated heterocycles. The molecule has 1 aromatic rings. The topological polar surface area (TPSA) is 183 Å². The third-order valence-corrected chi connectivity index (χ3v) is 12.1. The minimum absolute atomic E-state index is 0.0345. The first kappa shape index (κ1) is 36.6. The van der Waals surface area contributed by atoms with E-state index in [1.807, 2.05) is 57.2 Å². The summed E-state index contributed by atoms with van der Waals surface area (Å²) in [7, 11) is -3.89. The fourth-order valence-electron chi connectivity index (χ4n) is 7.25. The highest BCUT2D eigenvalue weighted by molar-refractivity contribution is 7.91. The van der Waals surface area contributed by atoms with E-state index in [1.165, 1.54) is 10.5 Å². The molecule has 278 valence electrons. The minimum Gasteiger partial charge on any atom is -0.444 e. The molecule has 2 saturated carbocycles. The van der Waals surface area contributed by atoms with E-state index in [1.54, 1.807) is 4.90 Å². The lowest BCUT2D eigenvalue weighted by Gasteiger charge is -2.31. The Labute approximate surface area is 299 Å². The number of urea groups is 1. The van der Waals surface area contributed by atoms with Gasteiger partial charge in [-0.2, -0.15) is 0 Å². The Morgan fingerprint density at radius 2 is 1.76 bits per heavy atom. The van der Waals surface area contributed by atoms with E-state index in [0.717, 1.165) is 18.4 Å². The van der Waals surface area contributed by atoms with Crippen LogP contribution in [0.3, 0.4) is 0 Å². The van der Waals surface area contributed by atoms with E-state index in [-0.39, 0.29) is 19.4 Å². The first-order chi connectivity index (χ1) is 24.1. The first-order valence-corrected chi connectivity index (χ1v) is 19.7. The number of fused-ring (bicyclic) bond motifs is 3. The van der Waals surface area contributed by atoms with E-state index in [9.17, 15) is 32.4 Å². The second kappa shape index (κ2) is 14.5. The lowest BCUT2D eigenvalue weighted by Crippen LogP contribution is -2.59. The number of nitrogens with one attached hydrogen (secondary N) is 4. The Bertz CT molecular complexity index is 1690. The molecule has 0 unspecified atom stereocenters. The molecule has 4 N–H and O–H groups in total. The second-order valence-corrected chi connectivity index (χ2v) is 17.6. The molecular formula is C36H50N6O8S. The van der Waals surface area contributed by atoms with Gasteiger partial charge in [0.1, 0.15) is 23.7 Å². The van der Waals surface area contributed by atoms with Crippen LogP contribution in [0, 0.1) is 5.92 Å². The number of hydrogen-bond acceptors (Lipinski definition) is 8. The fourth-order valence-corrected chi connectivity index (χ4v) is 8.61. The van der Waals surface area contributed by atoms with Crippen molar-refractivity contribution in [2.24, 2.45) is 5.92 Å². The summed E-state index contributed by atoms with van der Waals surface area (Å²) in [5, 5.41) is 7.85. The van der Waals surface area contributed by atoms with E-state index in [2.05, 4.69) is 20.7 Å². The van der Waals surface area contributed by atoms with Crippen molar-refractivity contribution in [3.63, 3.8) is 0 Å². The van der Waals surface area contributed by atoms with Crippen molar-refractivity contribution >= 4 is 39.9 Å². The third kappa shape index (κ3) is 8.67. The summed E-state index contributed by atoms with van der Waals surface area (Å²) in [4.78, 5) is 71.5. The summed E-state index contributed by atoms with van der Waals surface area (Å²) in [6.45, 7) is 6.22. The summed E-state index contributed by atoms with van der Waals surface area (Å²) in [5.41, 5.74) is 0.120. The van der Waals surface area contributed by atoms with Crippen molar-refractivity contribution in [3.8, 4) is 0 Å². The Morgan fingerprint density at radius 1 is 1.02 bits per heavy atom. The van der Waals surface area contributed by atoms with Gasteiger partial charge in [0.05, 0.1) is 11.8 Å². The first-order valence-electron chi connectivity index (χ1n) is 18.1. The number of allylic oxidation sites excluding steroid dienone is 1. The summed E-state index contributed by atoms with van der Waals surface area (Å²) in [6, 6.07) is 5.24. The highest BCUT2D eigenvalue weighted by Crippen LogP contribution is 2.46. The maximum Gasteiger partial charge on any atom is 0.410 e. The zero-order valence-electron chi connectivity index (χ0n) is 29.6. The van der Waals surface area contributed by atoms with E-state index >= 15 is 0 Å². The molecule has 3 fully saturated rings. The van der Waals surface area contributed by atoms with Crippen molar-refractivity contribution in [2.45, 2.75) is 126 Å². The standard InChI is InChI=1S/C36H50N6O8S/c1-35(2,3)39-33(46)37-28-14-8-6-4-5-7-13-25-20-36(25,32(45)40-51(48,49)27-15-16-27)38-30(43)29-19-26(22-42(29)31(28)44)50-34(47)41-18-17-23-11-9-10-12-24(23)21-41/h7,9-13,25-29H,4-6,8,14-22H2,1-3H3,(H,38,43)(H,40,45)(H2,37,39,46)/b13-7-/t25-,26-,28+,29+,36-/m1/s1. The van der Waals surface area contributed by atoms with Gasteiger partial charge in [-0.15, -0.1) is 0 Å². The fraction of sp³-hybridized carbons (Fsp3) is 0.639. The van der Waals surface area contributed by atoms with Gasteiger partial charge in [0.25, 0.3) is 5.91 Å². The van der Waals surface area contributed by atoms with Gasteiger partial charge in [0, 0.05) is 31.0 Å². The molecule has 0 radical (unpaired) electrons. The quantitative estimate of drug-likeness (QED) is 0.334. The highest BCUT2D eigenvalue weighted by Gasteiger charge is 2.62. The van der Waals surface area contributed by atoms with Crippen LogP contribution in [-0.4, -0.2) is 95.7 Å². The SMILES string of the molecule is CC(C)(C)NC(=O)N[C@H]1CCCCC/C=C\[C@@H]2C[C@@]2(C(=O)NS(=O)(=O)C2CC2)NC(=O)[C@@H]2C[C@@H](OC(=O)N3CCc4ccccc4C3)CN2C1=O. The predicted octanol–water partition coefficient (Wildman–Crippen LogP) is 2.62. The molecule has 5 atom stereocenters. The zero-order chi connectivity index (χ0) is 36.6. The monoisotopic (exact) mass is 726 g/mol. The van der Waals surface area contributed by atoms with Crippen molar-refractivity contribution in [1.29, 1.82) is 0 Å². The second-order valence-electron chi connectivity index (χ2n) is 15.6. The molecule has 6 amide bonds. The van der Waals surface area contributed by atoms with Crippen molar-refractivity contribution in [1.82, 2.24) is 30.5 Å². The van der Waals surface area contributed by atoms with Crippen molar-refractivity contribution in [3.05, 3.63) is 47.5 Å². The molecule has 0 spiro atoms. The van der Waals surface area contributed by atoms with Crippen LogP contribution in [0.2, 0.25) is 0 Å². The molecule has 1 aromatic carbocycles. The maximum absolute atomic E-state index is 14.3. The van der Waals surface area contributed by atoms with E-state index in [4.69, 9.17) is 4.74 Å². The molecule has 14 nitrogen and oxygen atoms in total. The molecule has 6 rings (SSSR count). The summed E-state index contributed by atoms with van der Waals surface area (Å²) in [5.74, 6) is -2.39. The molecule has 0 aromatic heterocycles. The maximum atomic E-state index is 14.3. The van der Waals surface area contributed by atoms with Crippen LogP contribution in [0.1, 0.15) is 89.7 Å². The van der Waals surface area contributed by atoms with Gasteiger partial charge >= 0.3 is 12.1 Å². The van der Waals surface area contributed by atoms with Crippen LogP contribution in [0.5, 0.6) is 0 Å². The van der Waals surface area contributed by atoms with Gasteiger partial charge in [-0.05, 0) is 76.8 Å². The summed E-state index contributed by atoms with van der Waals surface area (Å²) < 4.78 is 33.7. The Morgan fingerprint density at radius 3 is 2.49 bits per heavy atom. The van der Waals surface area contributed by atoms with Crippen LogP contribution in [0.15, 0.2) is 36.4 Å². The van der Waals surface area contributed by atoms with Crippen LogP contribution >= 0.6 is 0 Å². The van der Waals surface area contributed by atoms with Gasteiger partial charge in [-0.3, -0.25) is 19.1 Å². The van der Waals surface area contributed by atoms with E-state index < -0.39 is 80.3 Å². The molecule has 2 aliphatic carbocycles. The van der Waals surface area contributed by atoms with Gasteiger partial charge in [0.15, 0.2) is 0 Å². The van der Waals surface area contributed by atoms with Crippen LogP contribution in [-0.2, 0) is 42.1 Å². The smallest absolute Gasteiger partial charge is 0.410 e. The highest BCUT2D eigenvalue weighted by atomic mass is 32.2. The lowest BCUT2D eigenvalue weighted by atomic mass is 10.0. The third-order valence-electron chi connectivity index (χ3n) is 10.3. The molecule has 5 aliphatic rings. The average molecular weight is 727 g/mol. The molecule has 3 aliphatic heterocycles. The number of hydrogen-bond donors (Lipinski definition) is 4. The predicted molar refractivity (Wildman–Crippen MR) is 187 cm³/mol. The number of sulfonamides is 1. The van der Waals surface area contributed by atoms with E-state index in [0.29, 0.717) is 51.6 Å². The van der Waals surface area contributed by atoms with Crippen LogP contribution < -0.4 is 20.7 Å². The lowest BCUT2D eigenvalue weighted by molar-refractivity contribution is -0.141. The number of nitrogens with zero attached hydrogens (tertiary/aromatic N) is 2. The van der Waals surface area contributed by atoms with Crippen LogP contribution in [0.25, 0.3) is 0 Å². The Balaban J connectivity index is 1.25. The van der Waals surface area contributed by atoms with Crippen LogP contribution in [0.4, 0.5) is 9.59 Å². The average Bonchev–Trinajstić information content (AvgIpc) is 3.99.